The molecule has 0 aromatic rings. The highest BCUT2D eigenvalue weighted by Gasteiger charge is 2.29. The van der Waals surface area contributed by atoms with Gasteiger partial charge in [-0.3, -0.25) is 0 Å². The van der Waals surface area contributed by atoms with E-state index in [1.54, 1.807) is 11.9 Å². The lowest BCUT2D eigenvalue weighted by atomic mass is 9.77. The van der Waals surface area contributed by atoms with Crippen LogP contribution in [-0.2, 0) is 0 Å². The minimum Gasteiger partial charge on any atom is -0.393 e. The molecule has 0 bridgehead atoms. The smallest absolute Gasteiger partial charge is 0.251 e. The number of hydrogen-bond acceptors (Lipinski definition) is 2. The summed E-state index contributed by atoms with van der Waals surface area (Å²) in [6.07, 6.45) is 2.68. The topological polar surface area (TPSA) is 23.5 Å². The van der Waals surface area contributed by atoms with Crippen LogP contribution in [0.15, 0.2) is 0 Å². The van der Waals surface area contributed by atoms with Crippen LogP contribution >= 0.6 is 0 Å². The molecule has 0 spiro atoms. The largest absolute Gasteiger partial charge is 0.393 e. The van der Waals surface area contributed by atoms with Crippen molar-refractivity contribution in [3.8, 4) is 0 Å². The van der Waals surface area contributed by atoms with Gasteiger partial charge in [0.1, 0.15) is 0 Å². The second kappa shape index (κ2) is 7.27. The van der Waals surface area contributed by atoms with Crippen LogP contribution in [0.4, 0.5) is 8.78 Å². The number of aliphatic hydroxyl groups excluding tert-OH is 1. The molecule has 0 aromatic carbocycles. The molecular weight excluding hydrogens is 224 g/mol. The average Bonchev–Trinajstić information content (AvgIpc) is 2.22. The maximum atomic E-state index is 12.2. The van der Waals surface area contributed by atoms with Crippen LogP contribution in [0, 0.1) is 11.8 Å². The molecule has 0 aliphatic heterocycles. The summed E-state index contributed by atoms with van der Waals surface area (Å²) in [7, 11) is 1.71. The lowest BCUT2D eigenvalue weighted by molar-refractivity contribution is 0.0180. The Balaban J connectivity index is 2.38. The first-order chi connectivity index (χ1) is 8.02. The fraction of sp³-hybridized carbons (Fsp3) is 1.00. The van der Waals surface area contributed by atoms with Crippen LogP contribution in [0.3, 0.4) is 0 Å². The molecule has 0 aromatic heterocycles. The molecular formula is C13H25F2NO. The Kier molecular flexibility index (Phi) is 6.34. The number of halogens is 2. The minimum absolute atomic E-state index is 0.170. The van der Waals surface area contributed by atoms with E-state index >= 15 is 0 Å². The lowest BCUT2D eigenvalue weighted by Gasteiger charge is -2.35. The zero-order valence-electron chi connectivity index (χ0n) is 10.9. The normalized spacial score (nSPS) is 30.2. The van der Waals surface area contributed by atoms with Gasteiger partial charge in [-0.15, -0.1) is 0 Å². The number of hydrogen-bond donors (Lipinski definition) is 1. The second-order valence-electron chi connectivity index (χ2n) is 5.41. The van der Waals surface area contributed by atoms with E-state index in [-0.39, 0.29) is 18.6 Å². The Bertz CT molecular complexity index is 214. The quantitative estimate of drug-likeness (QED) is 0.782. The van der Waals surface area contributed by atoms with Gasteiger partial charge in [-0.25, -0.2) is 8.78 Å². The molecule has 0 saturated heterocycles. The van der Waals surface area contributed by atoms with Crippen molar-refractivity contribution < 1.29 is 13.9 Å². The van der Waals surface area contributed by atoms with Crippen LogP contribution in [0.5, 0.6) is 0 Å². The first-order valence-electron chi connectivity index (χ1n) is 6.67. The van der Waals surface area contributed by atoms with Gasteiger partial charge in [-0.05, 0) is 38.1 Å². The summed E-state index contributed by atoms with van der Waals surface area (Å²) in [5.41, 5.74) is 0. The zero-order valence-corrected chi connectivity index (χ0v) is 10.9. The van der Waals surface area contributed by atoms with Crippen molar-refractivity contribution >= 4 is 0 Å². The molecule has 1 N–H and O–H groups in total. The molecule has 1 aliphatic carbocycles. The summed E-state index contributed by atoms with van der Waals surface area (Å²) in [4.78, 5) is 1.65. The highest BCUT2D eigenvalue weighted by molar-refractivity contribution is 4.81. The number of rotatable bonds is 6. The van der Waals surface area contributed by atoms with Gasteiger partial charge < -0.3 is 10.0 Å². The van der Waals surface area contributed by atoms with E-state index in [1.165, 1.54) is 12.8 Å². The van der Waals surface area contributed by atoms with E-state index < -0.39 is 6.43 Å². The monoisotopic (exact) mass is 249 g/mol. The van der Waals surface area contributed by atoms with Gasteiger partial charge in [0.25, 0.3) is 6.43 Å². The van der Waals surface area contributed by atoms with E-state index in [9.17, 15) is 13.9 Å². The Labute approximate surface area is 103 Å². The molecule has 0 heterocycles. The van der Waals surface area contributed by atoms with Gasteiger partial charge in [0, 0.05) is 6.54 Å². The maximum absolute atomic E-state index is 12.2. The highest BCUT2D eigenvalue weighted by atomic mass is 19.3. The van der Waals surface area contributed by atoms with Crippen molar-refractivity contribution in [3.05, 3.63) is 0 Å². The van der Waals surface area contributed by atoms with Gasteiger partial charge in [-0.1, -0.05) is 19.8 Å². The Morgan fingerprint density at radius 1 is 1.35 bits per heavy atom. The summed E-state index contributed by atoms with van der Waals surface area (Å²) in [6.45, 7) is 2.57. The number of nitrogens with zero attached hydrogens (tertiary/aromatic N) is 1. The molecule has 1 aliphatic rings. The van der Waals surface area contributed by atoms with Gasteiger partial charge >= 0.3 is 0 Å². The third-order valence-corrected chi connectivity index (χ3v) is 3.74. The molecule has 4 heteroatoms. The summed E-state index contributed by atoms with van der Waals surface area (Å²) >= 11 is 0. The van der Waals surface area contributed by atoms with Crippen molar-refractivity contribution in [2.75, 3.05) is 20.1 Å². The van der Waals surface area contributed by atoms with Gasteiger partial charge in [0.2, 0.25) is 0 Å². The zero-order chi connectivity index (χ0) is 12.8. The average molecular weight is 249 g/mol. The number of aliphatic hydroxyl groups is 1. The van der Waals surface area contributed by atoms with Crippen molar-refractivity contribution in [3.63, 3.8) is 0 Å². The first kappa shape index (κ1) is 14.8. The predicted octanol–water partition coefficient (Wildman–Crippen LogP) is 2.76. The third kappa shape index (κ3) is 5.30. The standard InChI is InChI=1S/C13H25F2NO/c1-3-4-10-5-6-12(17)11(7-10)8-16(2)9-13(14)15/h10-13,17H,3-9H2,1-2H3. The van der Waals surface area contributed by atoms with Gasteiger partial charge in [0.05, 0.1) is 12.6 Å². The SMILES string of the molecule is CCCC1CCC(O)C(CN(C)CC(F)F)C1. The Hall–Kier alpha value is -0.220. The van der Waals surface area contributed by atoms with Crippen LogP contribution in [0.1, 0.15) is 39.0 Å². The summed E-state index contributed by atoms with van der Waals surface area (Å²) in [6, 6.07) is 0. The van der Waals surface area contributed by atoms with E-state index in [4.69, 9.17) is 0 Å². The van der Waals surface area contributed by atoms with Gasteiger partial charge in [-0.2, -0.15) is 0 Å². The van der Waals surface area contributed by atoms with Crippen LogP contribution in [0.25, 0.3) is 0 Å². The summed E-state index contributed by atoms with van der Waals surface area (Å²) < 4.78 is 24.5. The molecule has 0 radical (unpaired) electrons. The molecule has 0 amide bonds. The van der Waals surface area contributed by atoms with Crippen LogP contribution < -0.4 is 0 Å². The molecule has 102 valence electrons. The van der Waals surface area contributed by atoms with Crippen molar-refractivity contribution in [1.82, 2.24) is 4.90 Å². The third-order valence-electron chi connectivity index (χ3n) is 3.74. The van der Waals surface area contributed by atoms with E-state index in [1.807, 2.05) is 0 Å². The molecule has 3 unspecified atom stereocenters. The van der Waals surface area contributed by atoms with Crippen molar-refractivity contribution in [2.24, 2.45) is 11.8 Å². The fourth-order valence-electron chi connectivity index (χ4n) is 2.92. The minimum atomic E-state index is -2.29. The van der Waals surface area contributed by atoms with E-state index in [0.717, 1.165) is 19.3 Å². The predicted molar refractivity (Wildman–Crippen MR) is 65.2 cm³/mol. The molecule has 1 saturated carbocycles. The second-order valence-corrected chi connectivity index (χ2v) is 5.41. The highest BCUT2D eigenvalue weighted by Crippen LogP contribution is 2.32. The summed E-state index contributed by atoms with van der Waals surface area (Å²) in [5, 5.41) is 9.92. The fourth-order valence-corrected chi connectivity index (χ4v) is 2.92. The Morgan fingerprint density at radius 3 is 2.65 bits per heavy atom. The molecule has 1 rings (SSSR count). The van der Waals surface area contributed by atoms with Gasteiger partial charge in [0.15, 0.2) is 0 Å². The molecule has 17 heavy (non-hydrogen) atoms. The lowest BCUT2D eigenvalue weighted by Crippen LogP contribution is -2.39. The van der Waals surface area contributed by atoms with Crippen LogP contribution in [-0.4, -0.2) is 42.7 Å². The van der Waals surface area contributed by atoms with E-state index in [2.05, 4.69) is 6.92 Å². The maximum Gasteiger partial charge on any atom is 0.251 e. The molecule has 3 atom stereocenters. The van der Waals surface area contributed by atoms with Crippen molar-refractivity contribution in [1.29, 1.82) is 0 Å². The first-order valence-corrected chi connectivity index (χ1v) is 6.67. The van der Waals surface area contributed by atoms with E-state index in [0.29, 0.717) is 12.5 Å². The Morgan fingerprint density at radius 2 is 2.06 bits per heavy atom. The molecule has 2 nitrogen and oxygen atoms in total. The van der Waals surface area contributed by atoms with Crippen LogP contribution in [0.2, 0.25) is 0 Å². The van der Waals surface area contributed by atoms with Crippen molar-refractivity contribution in [2.45, 2.75) is 51.6 Å². The number of alkyl halides is 2. The molecule has 1 fully saturated rings. The summed E-state index contributed by atoms with van der Waals surface area (Å²) in [5.74, 6) is 0.845.